The third-order valence-electron chi connectivity index (χ3n) is 4.13. The largest absolute Gasteiger partial charge is 0.352 e. The molecule has 0 unspecified atom stereocenters. The fourth-order valence-corrected chi connectivity index (χ4v) is 3.22. The Morgan fingerprint density at radius 3 is 2.65 bits per heavy atom. The molecule has 0 aromatic heterocycles. The number of carbonyl (C=O) groups excluding carboxylic acids is 1. The smallest absolute Gasteiger partial charge is 0.237 e. The van der Waals surface area contributed by atoms with Crippen molar-refractivity contribution in [2.45, 2.75) is 70.4 Å². The SMILES string of the molecule is CCCN1CCC[C@H]1C(=O)NC1CCCCC1. The van der Waals surface area contributed by atoms with Gasteiger partial charge in [0.05, 0.1) is 6.04 Å². The van der Waals surface area contributed by atoms with Crippen LogP contribution in [-0.4, -0.2) is 36.0 Å². The van der Waals surface area contributed by atoms with Crippen LogP contribution >= 0.6 is 0 Å². The highest BCUT2D eigenvalue weighted by Gasteiger charge is 2.31. The molecule has 1 saturated carbocycles. The quantitative estimate of drug-likeness (QED) is 0.815. The maximum absolute atomic E-state index is 12.2. The average Bonchev–Trinajstić information content (AvgIpc) is 2.79. The van der Waals surface area contributed by atoms with Crippen LogP contribution in [0.5, 0.6) is 0 Å². The molecule has 98 valence electrons. The van der Waals surface area contributed by atoms with Crippen LogP contribution in [0.1, 0.15) is 58.3 Å². The molecule has 3 heteroatoms. The minimum absolute atomic E-state index is 0.164. The molecular formula is C14H26N2O. The molecule has 0 aromatic rings. The highest BCUT2D eigenvalue weighted by Crippen LogP contribution is 2.20. The van der Waals surface area contributed by atoms with Gasteiger partial charge in [-0.1, -0.05) is 26.2 Å². The van der Waals surface area contributed by atoms with E-state index in [-0.39, 0.29) is 6.04 Å². The van der Waals surface area contributed by atoms with Crippen molar-refractivity contribution < 1.29 is 4.79 Å². The van der Waals surface area contributed by atoms with Crippen molar-refractivity contribution in [2.24, 2.45) is 0 Å². The average molecular weight is 238 g/mol. The van der Waals surface area contributed by atoms with Crippen molar-refractivity contribution >= 4 is 5.91 Å². The Labute approximate surface area is 105 Å². The molecule has 2 rings (SSSR count). The van der Waals surface area contributed by atoms with E-state index < -0.39 is 0 Å². The third-order valence-corrected chi connectivity index (χ3v) is 4.13. The number of hydrogen-bond donors (Lipinski definition) is 1. The van der Waals surface area contributed by atoms with E-state index in [9.17, 15) is 4.79 Å². The van der Waals surface area contributed by atoms with Gasteiger partial charge in [0.15, 0.2) is 0 Å². The van der Waals surface area contributed by atoms with Crippen LogP contribution in [0.3, 0.4) is 0 Å². The first-order valence-electron chi connectivity index (χ1n) is 7.35. The summed E-state index contributed by atoms with van der Waals surface area (Å²) >= 11 is 0. The van der Waals surface area contributed by atoms with E-state index in [4.69, 9.17) is 0 Å². The van der Waals surface area contributed by atoms with Crippen molar-refractivity contribution in [3.63, 3.8) is 0 Å². The standard InChI is InChI=1S/C14H26N2O/c1-2-10-16-11-6-9-13(16)14(17)15-12-7-4-3-5-8-12/h12-13H,2-11H2,1H3,(H,15,17)/t13-/m0/s1. The number of carbonyl (C=O) groups is 1. The van der Waals surface area contributed by atoms with Crippen LogP contribution in [0.2, 0.25) is 0 Å². The van der Waals surface area contributed by atoms with E-state index in [0.717, 1.165) is 25.9 Å². The second-order valence-corrected chi connectivity index (χ2v) is 5.54. The molecule has 0 radical (unpaired) electrons. The maximum Gasteiger partial charge on any atom is 0.237 e. The Bertz CT molecular complexity index is 249. The summed E-state index contributed by atoms with van der Waals surface area (Å²) in [6, 6.07) is 0.622. The zero-order chi connectivity index (χ0) is 12.1. The monoisotopic (exact) mass is 238 g/mol. The lowest BCUT2D eigenvalue weighted by Crippen LogP contribution is -2.47. The predicted molar refractivity (Wildman–Crippen MR) is 69.9 cm³/mol. The van der Waals surface area contributed by atoms with Gasteiger partial charge >= 0.3 is 0 Å². The molecule has 1 heterocycles. The van der Waals surface area contributed by atoms with Gasteiger partial charge in [-0.2, -0.15) is 0 Å². The Kier molecular flexibility index (Phi) is 4.84. The highest BCUT2D eigenvalue weighted by atomic mass is 16.2. The topological polar surface area (TPSA) is 32.3 Å². The Hall–Kier alpha value is -0.570. The van der Waals surface area contributed by atoms with Crippen molar-refractivity contribution in [1.29, 1.82) is 0 Å². The fourth-order valence-electron chi connectivity index (χ4n) is 3.22. The number of hydrogen-bond acceptors (Lipinski definition) is 2. The number of rotatable bonds is 4. The van der Waals surface area contributed by atoms with Gasteiger partial charge in [-0.15, -0.1) is 0 Å². The molecule has 1 atom stereocenters. The van der Waals surface area contributed by atoms with E-state index in [0.29, 0.717) is 11.9 Å². The summed E-state index contributed by atoms with van der Waals surface area (Å²) in [5.41, 5.74) is 0. The molecule has 1 saturated heterocycles. The van der Waals surface area contributed by atoms with Crippen LogP contribution in [0.4, 0.5) is 0 Å². The van der Waals surface area contributed by atoms with Gasteiger partial charge in [-0.25, -0.2) is 0 Å². The molecule has 2 aliphatic rings. The predicted octanol–water partition coefficient (Wildman–Crippen LogP) is 2.31. The van der Waals surface area contributed by atoms with Crippen molar-refractivity contribution in [2.75, 3.05) is 13.1 Å². The van der Waals surface area contributed by atoms with Crippen LogP contribution in [0.25, 0.3) is 0 Å². The molecule has 0 spiro atoms. The summed E-state index contributed by atoms with van der Waals surface area (Å²) in [5, 5.41) is 3.27. The van der Waals surface area contributed by atoms with Crippen LogP contribution < -0.4 is 5.32 Å². The lowest BCUT2D eigenvalue weighted by molar-refractivity contribution is -0.126. The summed E-state index contributed by atoms with van der Waals surface area (Å²) in [4.78, 5) is 14.6. The second-order valence-electron chi connectivity index (χ2n) is 5.54. The molecule has 1 amide bonds. The normalized spacial score (nSPS) is 27.2. The van der Waals surface area contributed by atoms with Gasteiger partial charge in [-0.3, -0.25) is 9.69 Å². The fraction of sp³-hybridized carbons (Fsp3) is 0.929. The zero-order valence-electron chi connectivity index (χ0n) is 11.1. The minimum Gasteiger partial charge on any atom is -0.352 e. The molecule has 2 fully saturated rings. The van der Waals surface area contributed by atoms with Gasteiger partial charge in [0.1, 0.15) is 0 Å². The van der Waals surface area contributed by atoms with E-state index in [1.807, 2.05) is 0 Å². The molecular weight excluding hydrogens is 212 g/mol. The molecule has 1 N–H and O–H groups in total. The number of nitrogens with zero attached hydrogens (tertiary/aromatic N) is 1. The van der Waals surface area contributed by atoms with Crippen LogP contribution in [-0.2, 0) is 4.79 Å². The number of likely N-dealkylation sites (tertiary alicyclic amines) is 1. The van der Waals surface area contributed by atoms with E-state index in [1.165, 1.54) is 38.5 Å². The molecule has 1 aliphatic carbocycles. The lowest BCUT2D eigenvalue weighted by Gasteiger charge is -2.28. The minimum atomic E-state index is 0.164. The highest BCUT2D eigenvalue weighted by molar-refractivity contribution is 5.82. The van der Waals surface area contributed by atoms with Gasteiger partial charge in [0, 0.05) is 6.04 Å². The van der Waals surface area contributed by atoms with Gasteiger partial charge in [-0.05, 0) is 45.2 Å². The van der Waals surface area contributed by atoms with Crippen LogP contribution in [0.15, 0.2) is 0 Å². The van der Waals surface area contributed by atoms with Crippen molar-refractivity contribution in [1.82, 2.24) is 10.2 Å². The molecule has 0 aromatic carbocycles. The molecule has 3 nitrogen and oxygen atoms in total. The number of amides is 1. The Morgan fingerprint density at radius 1 is 1.18 bits per heavy atom. The summed E-state index contributed by atoms with van der Waals surface area (Å²) < 4.78 is 0. The summed E-state index contributed by atoms with van der Waals surface area (Å²) in [7, 11) is 0. The first-order valence-corrected chi connectivity index (χ1v) is 7.35. The molecule has 0 bridgehead atoms. The third kappa shape index (κ3) is 3.44. The van der Waals surface area contributed by atoms with Gasteiger partial charge in [0.25, 0.3) is 0 Å². The van der Waals surface area contributed by atoms with Crippen LogP contribution in [0, 0.1) is 0 Å². The van der Waals surface area contributed by atoms with E-state index in [2.05, 4.69) is 17.1 Å². The Balaban J connectivity index is 1.81. The van der Waals surface area contributed by atoms with Gasteiger partial charge < -0.3 is 5.32 Å². The van der Waals surface area contributed by atoms with Gasteiger partial charge in [0.2, 0.25) is 5.91 Å². The lowest BCUT2D eigenvalue weighted by atomic mass is 9.95. The summed E-state index contributed by atoms with van der Waals surface area (Å²) in [5.74, 6) is 0.294. The number of nitrogens with one attached hydrogen (secondary N) is 1. The second kappa shape index (κ2) is 6.39. The van der Waals surface area contributed by atoms with E-state index in [1.54, 1.807) is 0 Å². The first kappa shape index (κ1) is 12.9. The maximum atomic E-state index is 12.2. The first-order chi connectivity index (χ1) is 8.31. The van der Waals surface area contributed by atoms with Crippen molar-refractivity contribution in [3.8, 4) is 0 Å². The summed E-state index contributed by atoms with van der Waals surface area (Å²) in [6.07, 6.45) is 9.67. The molecule has 17 heavy (non-hydrogen) atoms. The molecule has 1 aliphatic heterocycles. The zero-order valence-corrected chi connectivity index (χ0v) is 11.1. The van der Waals surface area contributed by atoms with Crippen molar-refractivity contribution in [3.05, 3.63) is 0 Å². The Morgan fingerprint density at radius 2 is 1.94 bits per heavy atom. The summed E-state index contributed by atoms with van der Waals surface area (Å²) in [6.45, 7) is 4.37. The van der Waals surface area contributed by atoms with E-state index >= 15 is 0 Å².